The highest BCUT2D eigenvalue weighted by molar-refractivity contribution is 6.11. The van der Waals surface area contributed by atoms with Crippen LogP contribution in [0.15, 0.2) is 158 Å². The summed E-state index contributed by atoms with van der Waals surface area (Å²) in [6.07, 6.45) is 0. The Morgan fingerprint density at radius 1 is 0.417 bits per heavy atom. The Labute approximate surface area is 277 Å². The van der Waals surface area contributed by atoms with Crippen molar-refractivity contribution in [1.82, 2.24) is 9.13 Å². The number of nitriles is 2. The highest BCUT2D eigenvalue weighted by Crippen LogP contribution is 2.43. The molecule has 2 heterocycles. The lowest BCUT2D eigenvalue weighted by molar-refractivity contribution is 1.18. The van der Waals surface area contributed by atoms with Crippen LogP contribution in [0.2, 0.25) is 0 Å². The molecule has 0 aliphatic rings. The molecule has 0 aliphatic heterocycles. The van der Waals surface area contributed by atoms with Gasteiger partial charge < -0.3 is 9.13 Å². The second-order valence-electron chi connectivity index (χ2n) is 11.9. The zero-order valence-corrected chi connectivity index (χ0v) is 25.8. The molecule has 4 nitrogen and oxygen atoms in total. The van der Waals surface area contributed by atoms with Crippen molar-refractivity contribution in [3.05, 3.63) is 169 Å². The third-order valence-corrected chi connectivity index (χ3v) is 9.43. The molecule has 0 saturated heterocycles. The van der Waals surface area contributed by atoms with Crippen molar-refractivity contribution in [1.29, 1.82) is 10.5 Å². The van der Waals surface area contributed by atoms with Crippen LogP contribution in [0.4, 0.5) is 0 Å². The Morgan fingerprint density at radius 2 is 0.938 bits per heavy atom. The molecule has 0 saturated carbocycles. The van der Waals surface area contributed by atoms with Gasteiger partial charge in [-0.05, 0) is 59.7 Å². The summed E-state index contributed by atoms with van der Waals surface area (Å²) in [5, 5.41) is 25.6. The summed E-state index contributed by atoms with van der Waals surface area (Å²) in [5.41, 5.74) is 10.6. The number of para-hydroxylation sites is 5. The maximum atomic E-state index is 10.7. The summed E-state index contributed by atoms with van der Waals surface area (Å²) in [6, 6.07) is 58.9. The van der Waals surface area contributed by atoms with Gasteiger partial charge in [-0.3, -0.25) is 0 Å². The zero-order valence-electron chi connectivity index (χ0n) is 25.8. The van der Waals surface area contributed by atoms with Gasteiger partial charge in [-0.15, -0.1) is 0 Å². The maximum absolute atomic E-state index is 10.7. The van der Waals surface area contributed by atoms with Crippen LogP contribution in [0.1, 0.15) is 11.1 Å². The van der Waals surface area contributed by atoms with Gasteiger partial charge in [-0.1, -0.05) is 109 Å². The Bertz CT molecular complexity index is 2710. The largest absolute Gasteiger partial charge is 0.309 e. The van der Waals surface area contributed by atoms with Gasteiger partial charge in [0.1, 0.15) is 12.1 Å². The summed E-state index contributed by atoms with van der Waals surface area (Å²) < 4.78 is 4.58. The summed E-state index contributed by atoms with van der Waals surface area (Å²) in [5.74, 6) is 0. The van der Waals surface area contributed by atoms with E-state index in [1.807, 2.05) is 18.2 Å². The van der Waals surface area contributed by atoms with Crippen molar-refractivity contribution in [3.8, 4) is 45.8 Å². The number of hydrogen-bond donors (Lipinski definition) is 0. The lowest BCUT2D eigenvalue weighted by Gasteiger charge is -2.19. The van der Waals surface area contributed by atoms with E-state index in [1.54, 1.807) is 6.07 Å². The second kappa shape index (κ2) is 10.9. The van der Waals surface area contributed by atoms with Crippen LogP contribution in [0.5, 0.6) is 0 Å². The molecule has 48 heavy (non-hydrogen) atoms. The average molecular weight is 611 g/mol. The zero-order chi connectivity index (χ0) is 32.2. The summed E-state index contributed by atoms with van der Waals surface area (Å²) in [7, 11) is 0. The topological polar surface area (TPSA) is 57.4 Å². The van der Waals surface area contributed by atoms with Crippen molar-refractivity contribution in [2.75, 3.05) is 0 Å². The van der Waals surface area contributed by atoms with Gasteiger partial charge in [0.2, 0.25) is 0 Å². The van der Waals surface area contributed by atoms with Crippen molar-refractivity contribution in [2.45, 2.75) is 0 Å². The molecule has 4 heteroatoms. The minimum atomic E-state index is 0.354. The SMILES string of the molecule is N#Cc1ccc(-c2cccc(-n3c4ccccc4c4ccccc43)c2)c(-c2ccccc2-n2c3ccccc3c3ccccc32)c1C#N. The van der Waals surface area contributed by atoms with E-state index in [9.17, 15) is 10.5 Å². The first-order valence-electron chi connectivity index (χ1n) is 15.9. The van der Waals surface area contributed by atoms with Gasteiger partial charge in [-0.2, -0.15) is 10.5 Å². The van der Waals surface area contributed by atoms with E-state index < -0.39 is 0 Å². The highest BCUT2D eigenvalue weighted by atomic mass is 15.0. The molecule has 9 aromatic rings. The minimum absolute atomic E-state index is 0.354. The first kappa shape index (κ1) is 27.4. The summed E-state index contributed by atoms with van der Waals surface area (Å²) in [6.45, 7) is 0. The Morgan fingerprint density at radius 3 is 1.50 bits per heavy atom. The predicted molar refractivity (Wildman–Crippen MR) is 195 cm³/mol. The standard InChI is InChI=1S/C44H26N4/c45-27-30-24-25-32(29-12-11-13-31(26-29)47-39-19-6-1-14-33(39)34-15-2-7-20-40(34)47)44(38(30)28-46)37-18-5-10-23-43(37)48-41-21-8-3-16-35(41)36-17-4-9-22-42(36)48/h1-26H. The van der Waals surface area contributed by atoms with Crippen LogP contribution >= 0.6 is 0 Å². The molecular formula is C44H26N4. The first-order chi connectivity index (χ1) is 23.8. The molecule has 0 unspecified atom stereocenters. The predicted octanol–water partition coefficient (Wildman–Crippen LogP) is 11.0. The van der Waals surface area contributed by atoms with E-state index in [1.165, 1.54) is 10.8 Å². The van der Waals surface area contributed by atoms with E-state index in [4.69, 9.17) is 0 Å². The van der Waals surface area contributed by atoms with Crippen LogP contribution in [0.3, 0.4) is 0 Å². The molecule has 0 fully saturated rings. The summed E-state index contributed by atoms with van der Waals surface area (Å²) in [4.78, 5) is 0. The van der Waals surface area contributed by atoms with Gasteiger partial charge in [0.05, 0.1) is 38.9 Å². The van der Waals surface area contributed by atoms with Gasteiger partial charge in [-0.25, -0.2) is 0 Å². The Kier molecular flexibility index (Phi) is 6.22. The molecular weight excluding hydrogens is 585 g/mol. The summed E-state index contributed by atoms with van der Waals surface area (Å²) >= 11 is 0. The van der Waals surface area contributed by atoms with Crippen molar-refractivity contribution < 1.29 is 0 Å². The number of aromatic nitrogens is 2. The monoisotopic (exact) mass is 610 g/mol. The fourth-order valence-electron chi connectivity index (χ4n) is 7.41. The third-order valence-electron chi connectivity index (χ3n) is 9.43. The molecule has 0 radical (unpaired) electrons. The third kappa shape index (κ3) is 4.01. The normalized spacial score (nSPS) is 11.3. The Hall–Kier alpha value is -6.88. The van der Waals surface area contributed by atoms with Gasteiger partial charge >= 0.3 is 0 Å². The second-order valence-corrected chi connectivity index (χ2v) is 11.9. The molecule has 7 aromatic carbocycles. The average Bonchev–Trinajstić information content (AvgIpc) is 3.67. The number of fused-ring (bicyclic) bond motifs is 6. The van der Waals surface area contributed by atoms with Crippen LogP contribution in [-0.4, -0.2) is 9.13 Å². The number of nitrogens with zero attached hydrogens (tertiary/aromatic N) is 4. The molecule has 222 valence electrons. The first-order valence-corrected chi connectivity index (χ1v) is 15.9. The Balaban J connectivity index is 1.33. The molecule has 0 aliphatic carbocycles. The number of rotatable bonds is 4. The minimum Gasteiger partial charge on any atom is -0.309 e. The van der Waals surface area contributed by atoms with Crippen LogP contribution in [0.25, 0.3) is 77.2 Å². The number of hydrogen-bond acceptors (Lipinski definition) is 2. The van der Waals surface area contributed by atoms with Gasteiger partial charge in [0, 0.05) is 38.4 Å². The molecule has 0 atom stereocenters. The molecule has 2 aromatic heterocycles. The highest BCUT2D eigenvalue weighted by Gasteiger charge is 2.22. The number of benzene rings is 7. The van der Waals surface area contributed by atoms with Crippen molar-refractivity contribution >= 4 is 43.6 Å². The van der Waals surface area contributed by atoms with Gasteiger partial charge in [0.15, 0.2) is 0 Å². The quantitative estimate of drug-likeness (QED) is 0.199. The van der Waals surface area contributed by atoms with E-state index in [-0.39, 0.29) is 0 Å². The lowest BCUT2D eigenvalue weighted by atomic mass is 9.87. The van der Waals surface area contributed by atoms with E-state index >= 15 is 0 Å². The molecule has 9 rings (SSSR count). The van der Waals surface area contributed by atoms with Crippen molar-refractivity contribution in [3.63, 3.8) is 0 Å². The van der Waals surface area contributed by atoms with Gasteiger partial charge in [0.25, 0.3) is 0 Å². The molecule has 0 amide bonds. The maximum Gasteiger partial charge on any atom is 0.101 e. The van der Waals surface area contributed by atoms with Crippen LogP contribution in [-0.2, 0) is 0 Å². The molecule has 0 N–H and O–H groups in total. The molecule has 0 spiro atoms. The van der Waals surface area contributed by atoms with Crippen molar-refractivity contribution in [2.24, 2.45) is 0 Å². The van der Waals surface area contributed by atoms with E-state index in [0.717, 1.165) is 66.5 Å². The van der Waals surface area contributed by atoms with Crippen LogP contribution < -0.4 is 0 Å². The lowest BCUT2D eigenvalue weighted by Crippen LogP contribution is -2.01. The van der Waals surface area contributed by atoms with Crippen LogP contribution in [0, 0.1) is 22.7 Å². The van der Waals surface area contributed by atoms with E-state index in [2.05, 4.69) is 155 Å². The fraction of sp³-hybridized carbons (Fsp3) is 0. The smallest absolute Gasteiger partial charge is 0.101 e. The molecule has 0 bridgehead atoms. The van der Waals surface area contributed by atoms with E-state index in [0.29, 0.717) is 11.1 Å². The fourth-order valence-corrected chi connectivity index (χ4v) is 7.41.